The SMILES string of the molecule is O=C(NNS(=O)(=O)c1ccc(F)c([N+](=O)[O-])c1)c1ccc(Cl)cc1. The zero-order valence-electron chi connectivity index (χ0n) is 11.7. The van der Waals surface area contributed by atoms with Crippen molar-refractivity contribution < 1.29 is 22.5 Å². The molecule has 0 aromatic heterocycles. The predicted molar refractivity (Wildman–Crippen MR) is 82.3 cm³/mol. The van der Waals surface area contributed by atoms with Crippen LogP contribution in [-0.4, -0.2) is 19.2 Å². The van der Waals surface area contributed by atoms with Gasteiger partial charge >= 0.3 is 5.69 Å². The van der Waals surface area contributed by atoms with Gasteiger partial charge in [-0.1, -0.05) is 11.6 Å². The number of rotatable bonds is 5. The van der Waals surface area contributed by atoms with E-state index < -0.39 is 37.3 Å². The van der Waals surface area contributed by atoms with Crippen LogP contribution < -0.4 is 10.3 Å². The van der Waals surface area contributed by atoms with Crippen molar-refractivity contribution >= 4 is 33.2 Å². The topological polar surface area (TPSA) is 118 Å². The molecule has 0 fully saturated rings. The van der Waals surface area contributed by atoms with Crippen LogP contribution in [0.15, 0.2) is 47.4 Å². The molecule has 0 aliphatic heterocycles. The van der Waals surface area contributed by atoms with Crippen LogP contribution in [0.3, 0.4) is 0 Å². The summed E-state index contributed by atoms with van der Waals surface area (Å²) in [6.45, 7) is 0. The Hall–Kier alpha value is -2.56. The zero-order valence-corrected chi connectivity index (χ0v) is 13.3. The van der Waals surface area contributed by atoms with E-state index in [1.165, 1.54) is 24.3 Å². The van der Waals surface area contributed by atoms with Crippen molar-refractivity contribution in [3.63, 3.8) is 0 Å². The van der Waals surface area contributed by atoms with E-state index in [4.69, 9.17) is 11.6 Å². The lowest BCUT2D eigenvalue weighted by Gasteiger charge is -2.08. The first-order chi connectivity index (χ1) is 11.2. The number of benzene rings is 2. The maximum absolute atomic E-state index is 13.2. The van der Waals surface area contributed by atoms with Crippen LogP contribution in [0.25, 0.3) is 0 Å². The number of halogens is 2. The summed E-state index contributed by atoms with van der Waals surface area (Å²) in [5.74, 6) is -1.95. The summed E-state index contributed by atoms with van der Waals surface area (Å²) in [5.41, 5.74) is 1.07. The van der Waals surface area contributed by atoms with E-state index in [1.807, 2.05) is 5.43 Å². The standard InChI is InChI=1S/C13H9ClFN3O5S/c14-9-3-1-8(2-4-9)13(19)16-17-24(22,23)10-5-6-11(15)12(7-10)18(20)21/h1-7,17H,(H,16,19). The quantitative estimate of drug-likeness (QED) is 0.614. The molecule has 0 heterocycles. The minimum Gasteiger partial charge on any atom is -0.273 e. The fraction of sp³-hybridized carbons (Fsp3) is 0. The summed E-state index contributed by atoms with van der Waals surface area (Å²) in [4.78, 5) is 22.6. The number of nitrogens with zero attached hydrogens (tertiary/aromatic N) is 1. The molecule has 126 valence electrons. The summed E-state index contributed by atoms with van der Waals surface area (Å²) < 4.78 is 37.3. The molecule has 0 spiro atoms. The number of nitro benzene ring substituents is 1. The molecule has 2 rings (SSSR count). The molecule has 0 saturated heterocycles. The van der Waals surface area contributed by atoms with Gasteiger partial charge in [0.1, 0.15) is 0 Å². The molecule has 0 aliphatic rings. The lowest BCUT2D eigenvalue weighted by molar-refractivity contribution is -0.387. The molecule has 24 heavy (non-hydrogen) atoms. The third-order valence-electron chi connectivity index (χ3n) is 2.83. The average molecular weight is 374 g/mol. The number of hydrogen-bond acceptors (Lipinski definition) is 5. The van der Waals surface area contributed by atoms with Crippen LogP contribution >= 0.6 is 11.6 Å². The van der Waals surface area contributed by atoms with E-state index in [1.54, 1.807) is 4.83 Å². The lowest BCUT2D eigenvalue weighted by atomic mass is 10.2. The Kier molecular flexibility index (Phi) is 5.12. The van der Waals surface area contributed by atoms with Gasteiger partial charge in [-0.25, -0.2) is 8.42 Å². The van der Waals surface area contributed by atoms with Gasteiger partial charge in [0.25, 0.3) is 15.9 Å². The second kappa shape index (κ2) is 6.91. The van der Waals surface area contributed by atoms with Gasteiger partial charge < -0.3 is 0 Å². The summed E-state index contributed by atoms with van der Waals surface area (Å²) in [6.07, 6.45) is 0. The number of nitrogens with one attached hydrogen (secondary N) is 2. The van der Waals surface area contributed by atoms with Crippen molar-refractivity contribution in [3.05, 3.63) is 69.0 Å². The number of carbonyl (C=O) groups excluding carboxylic acids is 1. The Morgan fingerprint density at radius 3 is 2.38 bits per heavy atom. The van der Waals surface area contributed by atoms with Crippen LogP contribution in [0.4, 0.5) is 10.1 Å². The zero-order chi connectivity index (χ0) is 17.9. The summed E-state index contributed by atoms with van der Waals surface area (Å²) in [6, 6.07) is 7.64. The first-order valence-corrected chi connectivity index (χ1v) is 8.08. The van der Waals surface area contributed by atoms with Crippen molar-refractivity contribution in [1.29, 1.82) is 0 Å². The number of hydrogen-bond donors (Lipinski definition) is 2. The molecule has 2 aromatic carbocycles. The van der Waals surface area contributed by atoms with Crippen molar-refractivity contribution in [2.24, 2.45) is 0 Å². The van der Waals surface area contributed by atoms with Gasteiger partial charge in [-0.3, -0.25) is 20.3 Å². The van der Waals surface area contributed by atoms with Gasteiger partial charge in [-0.05, 0) is 36.4 Å². The van der Waals surface area contributed by atoms with E-state index >= 15 is 0 Å². The number of hydrazine groups is 1. The van der Waals surface area contributed by atoms with Crippen molar-refractivity contribution in [3.8, 4) is 0 Å². The van der Waals surface area contributed by atoms with E-state index in [2.05, 4.69) is 0 Å². The largest absolute Gasteiger partial charge is 0.306 e. The molecule has 1 amide bonds. The van der Waals surface area contributed by atoms with E-state index in [-0.39, 0.29) is 5.56 Å². The van der Waals surface area contributed by atoms with Crippen LogP contribution in [0, 0.1) is 15.9 Å². The molecular weight excluding hydrogens is 365 g/mol. The Morgan fingerprint density at radius 1 is 1.17 bits per heavy atom. The molecule has 0 radical (unpaired) electrons. The highest BCUT2D eigenvalue weighted by Crippen LogP contribution is 2.21. The normalized spacial score (nSPS) is 11.1. The Labute approximate surface area is 140 Å². The maximum Gasteiger partial charge on any atom is 0.306 e. The van der Waals surface area contributed by atoms with Gasteiger partial charge in [0.2, 0.25) is 5.82 Å². The Bertz CT molecular complexity index is 902. The van der Waals surface area contributed by atoms with Crippen LogP contribution in [-0.2, 0) is 10.0 Å². The minimum absolute atomic E-state index is 0.132. The van der Waals surface area contributed by atoms with Crippen LogP contribution in [0.5, 0.6) is 0 Å². The smallest absolute Gasteiger partial charge is 0.273 e. The number of amides is 1. The van der Waals surface area contributed by atoms with Gasteiger partial charge in [0, 0.05) is 16.7 Å². The van der Waals surface area contributed by atoms with E-state index in [0.717, 1.165) is 6.07 Å². The lowest BCUT2D eigenvalue weighted by Crippen LogP contribution is -2.41. The molecule has 2 N–H and O–H groups in total. The van der Waals surface area contributed by atoms with Crippen LogP contribution in [0.1, 0.15) is 10.4 Å². The minimum atomic E-state index is -4.32. The van der Waals surface area contributed by atoms with Crippen molar-refractivity contribution in [1.82, 2.24) is 10.3 Å². The van der Waals surface area contributed by atoms with Gasteiger partial charge in [0.15, 0.2) is 0 Å². The van der Waals surface area contributed by atoms with Gasteiger partial charge in [-0.15, -0.1) is 4.83 Å². The molecule has 0 saturated carbocycles. The highest BCUT2D eigenvalue weighted by Gasteiger charge is 2.22. The fourth-order valence-corrected chi connectivity index (χ4v) is 2.63. The molecule has 0 unspecified atom stereocenters. The second-order valence-electron chi connectivity index (χ2n) is 4.44. The number of carbonyl (C=O) groups is 1. The fourth-order valence-electron chi connectivity index (χ4n) is 1.65. The van der Waals surface area contributed by atoms with E-state index in [0.29, 0.717) is 17.2 Å². The maximum atomic E-state index is 13.2. The number of nitro groups is 1. The molecular formula is C13H9ClFN3O5S. The predicted octanol–water partition coefficient (Wildman–Crippen LogP) is 2.01. The highest BCUT2D eigenvalue weighted by molar-refractivity contribution is 7.89. The first kappa shape index (κ1) is 17.8. The summed E-state index contributed by atoms with van der Waals surface area (Å²) in [7, 11) is -4.32. The first-order valence-electron chi connectivity index (χ1n) is 6.22. The average Bonchev–Trinajstić information content (AvgIpc) is 2.53. The third-order valence-corrected chi connectivity index (χ3v) is 4.33. The molecule has 0 bridgehead atoms. The third kappa shape index (κ3) is 4.04. The highest BCUT2D eigenvalue weighted by atomic mass is 35.5. The molecule has 2 aromatic rings. The molecule has 8 nitrogen and oxygen atoms in total. The number of sulfonamides is 1. The summed E-state index contributed by atoms with van der Waals surface area (Å²) >= 11 is 5.67. The van der Waals surface area contributed by atoms with Crippen molar-refractivity contribution in [2.75, 3.05) is 0 Å². The van der Waals surface area contributed by atoms with Crippen LogP contribution in [0.2, 0.25) is 5.02 Å². The summed E-state index contributed by atoms with van der Waals surface area (Å²) in [5, 5.41) is 11.0. The van der Waals surface area contributed by atoms with Crippen molar-refractivity contribution in [2.45, 2.75) is 4.90 Å². The van der Waals surface area contributed by atoms with Gasteiger partial charge in [0.05, 0.1) is 9.82 Å². The molecule has 11 heteroatoms. The van der Waals surface area contributed by atoms with Gasteiger partial charge in [-0.2, -0.15) is 4.39 Å². The second-order valence-corrected chi connectivity index (χ2v) is 6.56. The van der Waals surface area contributed by atoms with E-state index in [9.17, 15) is 27.7 Å². The Morgan fingerprint density at radius 2 is 1.79 bits per heavy atom. The Balaban J connectivity index is 2.17. The molecule has 0 atom stereocenters. The monoisotopic (exact) mass is 373 g/mol. The molecule has 0 aliphatic carbocycles.